The van der Waals surface area contributed by atoms with Gasteiger partial charge < -0.3 is 5.11 Å². The minimum atomic E-state index is 0.324. The number of hydrogen-bond acceptors (Lipinski definition) is 3. The van der Waals surface area contributed by atoms with Crippen molar-refractivity contribution in [1.29, 1.82) is 0 Å². The van der Waals surface area contributed by atoms with Crippen LogP contribution in [0, 0.1) is 13.8 Å². The first-order valence-corrected chi connectivity index (χ1v) is 4.33. The van der Waals surface area contributed by atoms with Gasteiger partial charge in [-0.3, -0.25) is 10.3 Å². The summed E-state index contributed by atoms with van der Waals surface area (Å²) in [7, 11) is 0. The third kappa shape index (κ3) is 2.12. The van der Waals surface area contributed by atoms with Crippen molar-refractivity contribution in [3.05, 3.63) is 23.3 Å². The second-order valence-electron chi connectivity index (χ2n) is 2.94. The average Bonchev–Trinajstić information content (AvgIpc) is 2.13. The molecule has 0 saturated heterocycles. The van der Waals surface area contributed by atoms with Crippen molar-refractivity contribution >= 4 is 5.69 Å². The third-order valence-electron chi connectivity index (χ3n) is 1.96. The summed E-state index contributed by atoms with van der Waals surface area (Å²) >= 11 is 0. The molecule has 0 heterocycles. The zero-order valence-corrected chi connectivity index (χ0v) is 8.22. The van der Waals surface area contributed by atoms with Crippen molar-refractivity contribution in [3.8, 4) is 5.75 Å². The van der Waals surface area contributed by atoms with Gasteiger partial charge >= 0.3 is 0 Å². The van der Waals surface area contributed by atoms with Crippen LogP contribution in [-0.2, 0) is 4.84 Å². The lowest BCUT2D eigenvalue weighted by atomic mass is 10.1. The van der Waals surface area contributed by atoms with Gasteiger partial charge in [0, 0.05) is 5.56 Å². The van der Waals surface area contributed by atoms with Crippen molar-refractivity contribution in [3.63, 3.8) is 0 Å². The SMILES string of the molecule is CCONc1ccc(C)c(O)c1C. The molecular formula is C10H15NO2. The molecule has 0 aliphatic carbocycles. The molecule has 0 atom stereocenters. The maximum atomic E-state index is 9.59. The van der Waals surface area contributed by atoms with Crippen molar-refractivity contribution in [1.82, 2.24) is 0 Å². The first kappa shape index (κ1) is 9.86. The lowest BCUT2D eigenvalue weighted by Crippen LogP contribution is -2.02. The Morgan fingerprint density at radius 1 is 1.38 bits per heavy atom. The molecule has 1 aromatic rings. The van der Waals surface area contributed by atoms with E-state index in [1.165, 1.54) is 0 Å². The number of benzene rings is 1. The Morgan fingerprint density at radius 3 is 2.69 bits per heavy atom. The van der Waals surface area contributed by atoms with E-state index in [1.54, 1.807) is 0 Å². The topological polar surface area (TPSA) is 41.5 Å². The van der Waals surface area contributed by atoms with Crippen molar-refractivity contribution in [2.24, 2.45) is 0 Å². The number of rotatable bonds is 3. The highest BCUT2D eigenvalue weighted by molar-refractivity contribution is 5.57. The highest BCUT2D eigenvalue weighted by Gasteiger charge is 2.04. The molecule has 13 heavy (non-hydrogen) atoms. The van der Waals surface area contributed by atoms with Crippen LogP contribution in [0.1, 0.15) is 18.1 Å². The van der Waals surface area contributed by atoms with Crippen molar-refractivity contribution in [2.75, 3.05) is 12.1 Å². The molecule has 0 unspecified atom stereocenters. The molecule has 0 bridgehead atoms. The molecule has 0 aliphatic heterocycles. The second kappa shape index (κ2) is 4.14. The average molecular weight is 181 g/mol. The molecule has 3 nitrogen and oxygen atoms in total. The number of aryl methyl sites for hydroxylation is 1. The Bertz CT molecular complexity index is 297. The quantitative estimate of drug-likeness (QED) is 0.703. The molecule has 0 saturated carbocycles. The fourth-order valence-electron chi connectivity index (χ4n) is 1.10. The normalized spacial score (nSPS) is 10.1. The predicted octanol–water partition coefficient (Wildman–Crippen LogP) is 2.37. The summed E-state index contributed by atoms with van der Waals surface area (Å²) in [4.78, 5) is 5.03. The smallest absolute Gasteiger partial charge is 0.123 e. The van der Waals surface area contributed by atoms with Crippen molar-refractivity contribution in [2.45, 2.75) is 20.8 Å². The van der Waals surface area contributed by atoms with E-state index in [2.05, 4.69) is 5.48 Å². The van der Waals surface area contributed by atoms with E-state index in [4.69, 9.17) is 4.84 Å². The van der Waals surface area contributed by atoms with Gasteiger partial charge in [-0.15, -0.1) is 0 Å². The summed E-state index contributed by atoms with van der Waals surface area (Å²) in [5.41, 5.74) is 5.27. The zero-order valence-electron chi connectivity index (χ0n) is 8.22. The van der Waals surface area contributed by atoms with Crippen LogP contribution in [0.15, 0.2) is 12.1 Å². The molecule has 0 aliphatic rings. The molecule has 1 rings (SSSR count). The van der Waals surface area contributed by atoms with Gasteiger partial charge in [0.1, 0.15) is 5.75 Å². The fraction of sp³-hybridized carbons (Fsp3) is 0.400. The van der Waals surface area contributed by atoms with E-state index in [9.17, 15) is 5.11 Å². The van der Waals surface area contributed by atoms with Gasteiger partial charge in [0.2, 0.25) is 0 Å². The van der Waals surface area contributed by atoms with Gasteiger partial charge in [-0.1, -0.05) is 6.07 Å². The van der Waals surface area contributed by atoms with Crippen LogP contribution >= 0.6 is 0 Å². The van der Waals surface area contributed by atoms with Crippen LogP contribution in [0.25, 0.3) is 0 Å². The number of aromatic hydroxyl groups is 1. The lowest BCUT2D eigenvalue weighted by molar-refractivity contribution is 0.210. The number of hydrogen-bond donors (Lipinski definition) is 2. The molecule has 0 aromatic heterocycles. The molecule has 72 valence electrons. The Hall–Kier alpha value is -1.22. The summed E-state index contributed by atoms with van der Waals surface area (Å²) < 4.78 is 0. The maximum Gasteiger partial charge on any atom is 0.123 e. The summed E-state index contributed by atoms with van der Waals surface area (Å²) in [6, 6.07) is 3.74. The van der Waals surface area contributed by atoms with E-state index in [0.29, 0.717) is 12.4 Å². The third-order valence-corrected chi connectivity index (χ3v) is 1.96. The van der Waals surface area contributed by atoms with Crippen LogP contribution < -0.4 is 5.48 Å². The van der Waals surface area contributed by atoms with E-state index >= 15 is 0 Å². The van der Waals surface area contributed by atoms with E-state index in [-0.39, 0.29) is 0 Å². The van der Waals surface area contributed by atoms with Gasteiger partial charge in [-0.05, 0) is 32.4 Å². The minimum absolute atomic E-state index is 0.324. The first-order valence-electron chi connectivity index (χ1n) is 4.33. The first-order chi connectivity index (χ1) is 6.16. The highest BCUT2D eigenvalue weighted by atomic mass is 16.6. The number of nitrogens with one attached hydrogen (secondary N) is 1. The standard InChI is InChI=1S/C10H15NO2/c1-4-13-11-9-6-5-7(2)10(12)8(9)3/h5-6,11-12H,4H2,1-3H3. The molecule has 0 fully saturated rings. The van der Waals surface area contributed by atoms with E-state index in [1.807, 2.05) is 32.9 Å². The molecule has 0 spiro atoms. The predicted molar refractivity (Wildman–Crippen MR) is 52.8 cm³/mol. The second-order valence-corrected chi connectivity index (χ2v) is 2.94. The van der Waals surface area contributed by atoms with Gasteiger partial charge in [-0.25, -0.2) is 0 Å². The van der Waals surface area contributed by atoms with Gasteiger partial charge in [0.05, 0.1) is 12.3 Å². The highest BCUT2D eigenvalue weighted by Crippen LogP contribution is 2.27. The Labute approximate surface area is 78.3 Å². The van der Waals surface area contributed by atoms with Crippen LogP contribution in [-0.4, -0.2) is 11.7 Å². The largest absolute Gasteiger partial charge is 0.507 e. The van der Waals surface area contributed by atoms with E-state index in [0.717, 1.165) is 16.8 Å². The number of phenolic OH excluding ortho intramolecular Hbond substituents is 1. The molecule has 3 heteroatoms. The van der Waals surface area contributed by atoms with Gasteiger partial charge in [0.25, 0.3) is 0 Å². The van der Waals surface area contributed by atoms with Crippen LogP contribution in [0.2, 0.25) is 0 Å². The van der Waals surface area contributed by atoms with Crippen LogP contribution in [0.4, 0.5) is 5.69 Å². The Kier molecular flexibility index (Phi) is 3.14. The van der Waals surface area contributed by atoms with E-state index < -0.39 is 0 Å². The van der Waals surface area contributed by atoms with Crippen LogP contribution in [0.5, 0.6) is 5.75 Å². The van der Waals surface area contributed by atoms with Gasteiger partial charge in [-0.2, -0.15) is 0 Å². The fourth-order valence-corrected chi connectivity index (χ4v) is 1.10. The maximum absolute atomic E-state index is 9.59. The Morgan fingerprint density at radius 2 is 2.08 bits per heavy atom. The monoisotopic (exact) mass is 181 g/mol. The lowest BCUT2D eigenvalue weighted by Gasteiger charge is -2.10. The summed E-state index contributed by atoms with van der Waals surface area (Å²) in [5.74, 6) is 0.324. The van der Waals surface area contributed by atoms with Crippen LogP contribution in [0.3, 0.4) is 0 Å². The van der Waals surface area contributed by atoms with Gasteiger partial charge in [0.15, 0.2) is 0 Å². The number of phenols is 1. The summed E-state index contributed by atoms with van der Waals surface area (Å²) in [6.45, 7) is 6.21. The molecule has 0 amide bonds. The zero-order chi connectivity index (χ0) is 9.84. The summed E-state index contributed by atoms with van der Waals surface area (Å²) in [6.07, 6.45) is 0. The molecule has 0 radical (unpaired) electrons. The van der Waals surface area contributed by atoms with Crippen molar-refractivity contribution < 1.29 is 9.94 Å². The summed E-state index contributed by atoms with van der Waals surface area (Å²) in [5, 5.41) is 9.59. The Balaban J connectivity index is 2.90. The molecule has 1 aromatic carbocycles. The molecular weight excluding hydrogens is 166 g/mol. The number of anilines is 1. The minimum Gasteiger partial charge on any atom is -0.507 e. The molecule has 2 N–H and O–H groups in total.